The van der Waals surface area contributed by atoms with Crippen molar-refractivity contribution in [3.63, 3.8) is 0 Å². The number of nitrogens with zero attached hydrogens (tertiary/aromatic N) is 1. The molecule has 0 radical (unpaired) electrons. The van der Waals surface area contributed by atoms with Gasteiger partial charge in [0, 0.05) is 46.0 Å². The maximum absolute atomic E-state index is 13.1. The highest BCUT2D eigenvalue weighted by Crippen LogP contribution is 2.46. The van der Waals surface area contributed by atoms with Crippen LogP contribution in [-0.2, 0) is 4.79 Å². The first-order valence-electron chi connectivity index (χ1n) is 8.51. The smallest absolute Gasteiger partial charge is 0.269 e. The second-order valence-corrected chi connectivity index (χ2v) is 6.67. The van der Waals surface area contributed by atoms with Crippen LogP contribution in [0.5, 0.6) is 0 Å². The van der Waals surface area contributed by atoms with E-state index < -0.39 is 10.8 Å². The first-order chi connectivity index (χ1) is 12.9. The van der Waals surface area contributed by atoms with E-state index in [0.717, 1.165) is 5.56 Å². The van der Waals surface area contributed by atoms with Crippen molar-refractivity contribution in [2.75, 3.05) is 0 Å². The fourth-order valence-electron chi connectivity index (χ4n) is 3.95. The zero-order valence-electron chi connectivity index (χ0n) is 14.8. The molecule has 0 fully saturated rings. The van der Waals surface area contributed by atoms with E-state index in [2.05, 4.69) is 5.32 Å². The molecule has 0 saturated carbocycles. The van der Waals surface area contributed by atoms with Crippen molar-refractivity contribution in [3.05, 3.63) is 92.2 Å². The van der Waals surface area contributed by atoms with Crippen molar-refractivity contribution in [1.29, 1.82) is 0 Å². The third-order valence-electron chi connectivity index (χ3n) is 5.04. The Bertz CT molecular complexity index is 1090. The Balaban J connectivity index is 1.97. The number of carbonyl (C=O) groups is 2. The van der Waals surface area contributed by atoms with Crippen molar-refractivity contribution in [1.82, 2.24) is 5.32 Å². The molecule has 134 valence electrons. The van der Waals surface area contributed by atoms with Crippen LogP contribution in [0.2, 0.25) is 0 Å². The largest absolute Gasteiger partial charge is 0.358 e. The Labute approximate surface area is 155 Å². The lowest BCUT2D eigenvalue weighted by Crippen LogP contribution is -2.27. The van der Waals surface area contributed by atoms with Crippen molar-refractivity contribution in [2.45, 2.75) is 19.8 Å². The summed E-state index contributed by atoms with van der Waals surface area (Å²) >= 11 is 0. The van der Waals surface area contributed by atoms with Crippen LogP contribution >= 0.6 is 0 Å². The number of fused-ring (bicyclic) bond motifs is 2. The van der Waals surface area contributed by atoms with E-state index in [1.165, 1.54) is 19.1 Å². The number of nitro groups is 1. The quantitative estimate of drug-likeness (QED) is 0.665. The minimum Gasteiger partial charge on any atom is -0.358 e. The molecule has 2 aromatic carbocycles. The molecule has 6 heteroatoms. The Kier molecular flexibility index (Phi) is 3.77. The topological polar surface area (TPSA) is 89.3 Å². The molecule has 1 N–H and O–H groups in total. The molecule has 2 aliphatic rings. The molecule has 2 aromatic rings. The third-order valence-corrected chi connectivity index (χ3v) is 5.04. The van der Waals surface area contributed by atoms with Gasteiger partial charge in [0.25, 0.3) is 5.69 Å². The van der Waals surface area contributed by atoms with Crippen LogP contribution in [0.3, 0.4) is 0 Å². The van der Waals surface area contributed by atoms with Gasteiger partial charge in [-0.05, 0) is 19.4 Å². The van der Waals surface area contributed by atoms with Gasteiger partial charge in [-0.2, -0.15) is 0 Å². The molecular weight excluding hydrogens is 344 g/mol. The average molecular weight is 360 g/mol. The van der Waals surface area contributed by atoms with Gasteiger partial charge >= 0.3 is 0 Å². The zero-order chi connectivity index (χ0) is 19.3. The van der Waals surface area contributed by atoms with Gasteiger partial charge in [0.2, 0.25) is 0 Å². The number of Topliss-reactive ketones (excluding diaryl/α,β-unsaturated/α-hetero) is 2. The Morgan fingerprint density at radius 1 is 1.11 bits per heavy atom. The summed E-state index contributed by atoms with van der Waals surface area (Å²) in [5.41, 5.74) is 4.10. The van der Waals surface area contributed by atoms with Gasteiger partial charge in [0.1, 0.15) is 0 Å². The second kappa shape index (κ2) is 6.02. The SMILES string of the molecule is CC(=O)C1=C(C)NC2=C(C(=O)c3ccccc32)[C@H]1c1cccc([N+](=O)[O-])c1. The molecule has 0 unspecified atom stereocenters. The fourth-order valence-corrected chi connectivity index (χ4v) is 3.95. The van der Waals surface area contributed by atoms with Crippen molar-refractivity contribution in [2.24, 2.45) is 0 Å². The molecule has 0 amide bonds. The summed E-state index contributed by atoms with van der Waals surface area (Å²) in [5.74, 6) is -0.971. The summed E-state index contributed by atoms with van der Waals surface area (Å²) in [6.45, 7) is 3.24. The number of ketones is 2. The molecule has 27 heavy (non-hydrogen) atoms. The summed E-state index contributed by atoms with van der Waals surface area (Å²) in [6.07, 6.45) is 0. The molecule has 1 atom stereocenters. The van der Waals surface area contributed by atoms with E-state index in [9.17, 15) is 19.7 Å². The van der Waals surface area contributed by atoms with Gasteiger partial charge in [0.05, 0.1) is 10.6 Å². The molecule has 0 aromatic heterocycles. The Morgan fingerprint density at radius 2 is 1.81 bits per heavy atom. The monoisotopic (exact) mass is 360 g/mol. The van der Waals surface area contributed by atoms with E-state index >= 15 is 0 Å². The van der Waals surface area contributed by atoms with Gasteiger partial charge in [-0.1, -0.05) is 36.4 Å². The van der Waals surface area contributed by atoms with Crippen LogP contribution < -0.4 is 5.32 Å². The molecule has 1 aliphatic carbocycles. The fraction of sp³-hybridized carbons (Fsp3) is 0.143. The lowest BCUT2D eigenvalue weighted by molar-refractivity contribution is -0.384. The predicted octanol–water partition coefficient (Wildman–Crippen LogP) is 3.75. The Morgan fingerprint density at radius 3 is 2.48 bits per heavy atom. The highest BCUT2D eigenvalue weighted by molar-refractivity contribution is 6.23. The Hall–Kier alpha value is -3.54. The van der Waals surface area contributed by atoms with E-state index in [-0.39, 0.29) is 17.3 Å². The van der Waals surface area contributed by atoms with Crippen molar-refractivity contribution < 1.29 is 14.5 Å². The lowest BCUT2D eigenvalue weighted by atomic mass is 9.78. The van der Waals surface area contributed by atoms with Crippen molar-refractivity contribution in [3.8, 4) is 0 Å². The van der Waals surface area contributed by atoms with Gasteiger partial charge in [-0.25, -0.2) is 0 Å². The highest BCUT2D eigenvalue weighted by Gasteiger charge is 2.41. The van der Waals surface area contributed by atoms with Gasteiger partial charge in [-0.3, -0.25) is 19.7 Å². The number of hydrogen-bond acceptors (Lipinski definition) is 5. The summed E-state index contributed by atoms with van der Waals surface area (Å²) in [4.78, 5) is 36.3. The number of allylic oxidation sites excluding steroid dienone is 3. The van der Waals surface area contributed by atoms with Crippen LogP contribution in [0.15, 0.2) is 65.4 Å². The number of nitro benzene ring substituents is 1. The first-order valence-corrected chi connectivity index (χ1v) is 8.51. The van der Waals surface area contributed by atoms with E-state index in [0.29, 0.717) is 33.7 Å². The maximum Gasteiger partial charge on any atom is 0.269 e. The van der Waals surface area contributed by atoms with Crippen LogP contribution in [0.4, 0.5) is 5.69 Å². The first kappa shape index (κ1) is 16.9. The van der Waals surface area contributed by atoms with Crippen LogP contribution in [0.25, 0.3) is 5.70 Å². The second-order valence-electron chi connectivity index (χ2n) is 6.67. The molecule has 1 heterocycles. The van der Waals surface area contributed by atoms with Gasteiger partial charge < -0.3 is 5.32 Å². The zero-order valence-corrected chi connectivity index (χ0v) is 14.8. The third kappa shape index (κ3) is 2.49. The summed E-state index contributed by atoms with van der Waals surface area (Å²) in [5, 5.41) is 14.4. The molecule has 0 saturated heterocycles. The number of dihydropyridines is 1. The lowest BCUT2D eigenvalue weighted by Gasteiger charge is -2.29. The molecule has 1 aliphatic heterocycles. The van der Waals surface area contributed by atoms with E-state index in [4.69, 9.17) is 0 Å². The molecule has 0 spiro atoms. The average Bonchev–Trinajstić information content (AvgIpc) is 2.93. The summed E-state index contributed by atoms with van der Waals surface area (Å²) in [7, 11) is 0. The van der Waals surface area contributed by atoms with Crippen LogP contribution in [-0.4, -0.2) is 16.5 Å². The normalized spacial score (nSPS) is 18.1. The maximum atomic E-state index is 13.1. The standard InChI is InChI=1S/C21H16N2O4/c1-11-17(12(2)24)18(13-6-5-7-14(10-13)23(26)27)19-20(22-11)15-8-3-4-9-16(15)21(19)25/h3-10,18,22H,1-2H3/t18-/m0/s1. The number of nitrogens with one attached hydrogen (secondary N) is 1. The minimum atomic E-state index is -0.640. The van der Waals surface area contributed by atoms with Crippen LogP contribution in [0.1, 0.15) is 41.3 Å². The number of benzene rings is 2. The van der Waals surface area contributed by atoms with E-state index in [1.807, 2.05) is 12.1 Å². The predicted molar refractivity (Wildman–Crippen MR) is 100 cm³/mol. The number of rotatable bonds is 3. The molecule has 4 rings (SSSR count). The minimum absolute atomic E-state index is 0.0725. The van der Waals surface area contributed by atoms with Gasteiger partial charge in [0.15, 0.2) is 11.6 Å². The molecular formula is C21H16N2O4. The van der Waals surface area contributed by atoms with Gasteiger partial charge in [-0.15, -0.1) is 0 Å². The highest BCUT2D eigenvalue weighted by atomic mass is 16.6. The van der Waals surface area contributed by atoms with Crippen LogP contribution in [0, 0.1) is 10.1 Å². The number of non-ortho nitro benzene ring substituents is 1. The number of carbonyl (C=O) groups excluding carboxylic acids is 2. The van der Waals surface area contributed by atoms with Crippen molar-refractivity contribution >= 4 is 23.0 Å². The summed E-state index contributed by atoms with van der Waals surface area (Å²) in [6, 6.07) is 13.4. The molecule has 0 bridgehead atoms. The summed E-state index contributed by atoms with van der Waals surface area (Å²) < 4.78 is 0. The molecule has 6 nitrogen and oxygen atoms in total. The van der Waals surface area contributed by atoms with E-state index in [1.54, 1.807) is 31.2 Å². The number of hydrogen-bond donors (Lipinski definition) is 1.